The van der Waals surface area contributed by atoms with Crippen molar-refractivity contribution in [3.8, 4) is 0 Å². The van der Waals surface area contributed by atoms with Crippen LogP contribution in [0.2, 0.25) is 0 Å². The molecule has 0 saturated heterocycles. The van der Waals surface area contributed by atoms with Crippen molar-refractivity contribution in [3.63, 3.8) is 0 Å². The number of benzene rings is 1. The van der Waals surface area contributed by atoms with Crippen molar-refractivity contribution in [1.82, 2.24) is 10.6 Å². The first-order chi connectivity index (χ1) is 21.8. The molecule has 0 aliphatic carbocycles. The highest BCUT2D eigenvalue weighted by Gasteiger charge is 2.33. The summed E-state index contributed by atoms with van der Waals surface area (Å²) in [5, 5.41) is 5.90. The van der Waals surface area contributed by atoms with Gasteiger partial charge in [0, 0.05) is 24.2 Å². The van der Waals surface area contributed by atoms with Crippen LogP contribution in [0.5, 0.6) is 0 Å². The number of nitrogens with two attached hydrogens (primary N) is 1. The summed E-state index contributed by atoms with van der Waals surface area (Å²) in [5.74, 6) is -2.13. The smallest absolute Gasteiger partial charge is 0.306 e. The van der Waals surface area contributed by atoms with Gasteiger partial charge in [0.1, 0.15) is 0 Å². The molecule has 2 amide bonds. The fraction of sp³-hybridized carbons (Fsp3) is 0.694. The van der Waals surface area contributed by atoms with Gasteiger partial charge in [-0.25, -0.2) is 0 Å². The monoisotopic (exact) mass is 661 g/mol. The van der Waals surface area contributed by atoms with Crippen molar-refractivity contribution in [2.75, 3.05) is 25.2 Å². The zero-order chi connectivity index (χ0) is 34.6. The number of carbonyl (C=O) groups excluding carboxylic acids is 5. The Hall–Kier alpha value is -2.72. The van der Waals surface area contributed by atoms with Crippen LogP contribution in [0.1, 0.15) is 92.1 Å². The van der Waals surface area contributed by atoms with Gasteiger partial charge in [0.2, 0.25) is 11.8 Å². The maximum Gasteiger partial charge on any atom is 0.306 e. The average molecular weight is 662 g/mol. The standard InChI is InChI=1S/C36H59N3O6S/c1-24(2)19-31(39-35(43)28(16-18-46-7)22-33(41)45-23-25(3)4)32(40)21-29(20-27-13-9-8-10-14-27)36(44)38-30(15-11-12-17-37)34(42)26(5)6/h8-10,13-14,24-26,28-31H,11-12,15-23,37H2,1-7H3,(H,38,44)(H,39,43). The Morgan fingerprint density at radius 2 is 1.43 bits per heavy atom. The van der Waals surface area contributed by atoms with Crippen molar-refractivity contribution < 1.29 is 28.7 Å². The molecule has 1 aromatic rings. The molecule has 4 N–H and O–H groups in total. The first kappa shape index (κ1) is 41.3. The van der Waals surface area contributed by atoms with E-state index >= 15 is 0 Å². The molecule has 46 heavy (non-hydrogen) atoms. The summed E-state index contributed by atoms with van der Waals surface area (Å²) in [6.07, 6.45) is 4.88. The van der Waals surface area contributed by atoms with Crippen LogP contribution >= 0.6 is 11.8 Å². The predicted molar refractivity (Wildman–Crippen MR) is 186 cm³/mol. The predicted octanol–water partition coefficient (Wildman–Crippen LogP) is 5.13. The second-order valence-electron chi connectivity index (χ2n) is 13.4. The summed E-state index contributed by atoms with van der Waals surface area (Å²) in [7, 11) is 0. The topological polar surface area (TPSA) is 145 Å². The van der Waals surface area contributed by atoms with Crippen LogP contribution in [0.15, 0.2) is 30.3 Å². The van der Waals surface area contributed by atoms with E-state index in [4.69, 9.17) is 10.5 Å². The van der Waals surface area contributed by atoms with E-state index in [2.05, 4.69) is 10.6 Å². The third kappa shape index (κ3) is 16.7. The number of Topliss-reactive ketones (excluding diaryl/α,β-unsaturated/α-hetero) is 2. The number of esters is 1. The molecule has 260 valence electrons. The maximum absolute atomic E-state index is 13.9. The lowest BCUT2D eigenvalue weighted by Gasteiger charge is -2.26. The first-order valence-electron chi connectivity index (χ1n) is 16.8. The summed E-state index contributed by atoms with van der Waals surface area (Å²) in [6, 6.07) is 7.99. The minimum Gasteiger partial charge on any atom is -0.465 e. The van der Waals surface area contributed by atoms with Crippen molar-refractivity contribution >= 4 is 41.1 Å². The van der Waals surface area contributed by atoms with Gasteiger partial charge in [-0.15, -0.1) is 0 Å². The van der Waals surface area contributed by atoms with Gasteiger partial charge in [-0.2, -0.15) is 11.8 Å². The van der Waals surface area contributed by atoms with Gasteiger partial charge in [0.05, 0.1) is 25.1 Å². The van der Waals surface area contributed by atoms with Crippen LogP contribution < -0.4 is 16.4 Å². The van der Waals surface area contributed by atoms with Crippen molar-refractivity contribution in [3.05, 3.63) is 35.9 Å². The van der Waals surface area contributed by atoms with E-state index in [1.165, 1.54) is 0 Å². The van der Waals surface area contributed by atoms with Gasteiger partial charge in [-0.3, -0.25) is 24.0 Å². The normalized spacial score (nSPS) is 14.1. The molecule has 4 unspecified atom stereocenters. The van der Waals surface area contributed by atoms with E-state index in [0.717, 1.165) is 12.0 Å². The summed E-state index contributed by atoms with van der Waals surface area (Å²) < 4.78 is 5.34. The van der Waals surface area contributed by atoms with Gasteiger partial charge < -0.3 is 21.1 Å². The van der Waals surface area contributed by atoms with E-state index in [9.17, 15) is 24.0 Å². The van der Waals surface area contributed by atoms with Gasteiger partial charge in [0.15, 0.2) is 11.6 Å². The lowest BCUT2D eigenvalue weighted by atomic mass is 9.88. The Morgan fingerprint density at radius 1 is 0.804 bits per heavy atom. The Morgan fingerprint density at radius 3 is 2.00 bits per heavy atom. The molecule has 1 aromatic carbocycles. The Kier molecular flexibility index (Phi) is 20.4. The van der Waals surface area contributed by atoms with E-state index in [1.807, 2.05) is 78.1 Å². The second kappa shape index (κ2) is 22.7. The molecule has 0 aliphatic heterocycles. The van der Waals surface area contributed by atoms with Gasteiger partial charge >= 0.3 is 5.97 Å². The molecule has 0 spiro atoms. The molecular formula is C36H59N3O6S. The number of ketones is 2. The molecule has 0 bridgehead atoms. The quantitative estimate of drug-likeness (QED) is 0.102. The zero-order valence-electron chi connectivity index (χ0n) is 29.1. The van der Waals surface area contributed by atoms with Crippen LogP contribution in [0, 0.1) is 29.6 Å². The number of thioether (sulfide) groups is 1. The SMILES string of the molecule is CSCCC(CC(=O)OCC(C)C)C(=O)NC(CC(C)C)C(=O)CC(Cc1ccccc1)C(=O)NC(CCCCN)C(=O)C(C)C. The van der Waals surface area contributed by atoms with Crippen LogP contribution in [0.25, 0.3) is 0 Å². The molecule has 0 radical (unpaired) electrons. The lowest BCUT2D eigenvalue weighted by molar-refractivity contribution is -0.148. The molecule has 0 aromatic heterocycles. The molecule has 0 saturated carbocycles. The average Bonchev–Trinajstić information content (AvgIpc) is 3.00. The molecular weight excluding hydrogens is 602 g/mol. The van der Waals surface area contributed by atoms with Gasteiger partial charge in [-0.1, -0.05) is 71.9 Å². The van der Waals surface area contributed by atoms with Crippen molar-refractivity contribution in [1.29, 1.82) is 0 Å². The van der Waals surface area contributed by atoms with E-state index < -0.39 is 29.9 Å². The number of amides is 2. The first-order valence-corrected chi connectivity index (χ1v) is 18.2. The molecule has 0 heterocycles. The lowest BCUT2D eigenvalue weighted by Crippen LogP contribution is -2.48. The van der Waals surface area contributed by atoms with Crippen molar-refractivity contribution in [2.45, 2.75) is 105 Å². The number of carbonyl (C=O) groups is 5. The number of hydrogen-bond donors (Lipinski definition) is 3. The largest absolute Gasteiger partial charge is 0.465 e. The second-order valence-corrected chi connectivity index (χ2v) is 14.4. The van der Waals surface area contributed by atoms with Gasteiger partial charge in [-0.05, 0) is 74.5 Å². The fourth-order valence-corrected chi connectivity index (χ4v) is 5.67. The molecule has 0 aliphatic rings. The number of rotatable bonds is 24. The Balaban J connectivity index is 3.23. The Labute approximate surface area is 281 Å². The third-order valence-electron chi connectivity index (χ3n) is 7.76. The Bertz CT molecular complexity index is 1080. The van der Waals surface area contributed by atoms with E-state index in [-0.39, 0.29) is 60.6 Å². The molecule has 4 atom stereocenters. The zero-order valence-corrected chi connectivity index (χ0v) is 30.0. The highest BCUT2D eigenvalue weighted by molar-refractivity contribution is 7.98. The highest BCUT2D eigenvalue weighted by atomic mass is 32.2. The van der Waals surface area contributed by atoms with E-state index in [1.54, 1.807) is 11.8 Å². The summed E-state index contributed by atoms with van der Waals surface area (Å²) in [6.45, 7) is 12.2. The maximum atomic E-state index is 13.9. The highest BCUT2D eigenvalue weighted by Crippen LogP contribution is 2.20. The number of hydrogen-bond acceptors (Lipinski definition) is 8. The minimum absolute atomic E-state index is 0.0525. The van der Waals surface area contributed by atoms with Crippen LogP contribution in [-0.2, 0) is 35.1 Å². The van der Waals surface area contributed by atoms with E-state index in [0.29, 0.717) is 44.4 Å². The van der Waals surface area contributed by atoms with Crippen LogP contribution in [0.3, 0.4) is 0 Å². The fourth-order valence-electron chi connectivity index (χ4n) is 5.15. The number of nitrogens with one attached hydrogen (secondary N) is 2. The third-order valence-corrected chi connectivity index (χ3v) is 8.41. The van der Waals surface area contributed by atoms with Gasteiger partial charge in [0.25, 0.3) is 0 Å². The molecule has 1 rings (SSSR count). The molecule has 10 heteroatoms. The van der Waals surface area contributed by atoms with Crippen LogP contribution in [0.4, 0.5) is 0 Å². The van der Waals surface area contributed by atoms with Crippen LogP contribution in [-0.4, -0.2) is 66.6 Å². The number of unbranched alkanes of at least 4 members (excludes halogenated alkanes) is 1. The summed E-state index contributed by atoms with van der Waals surface area (Å²) in [4.78, 5) is 66.8. The molecule has 9 nitrogen and oxygen atoms in total. The summed E-state index contributed by atoms with van der Waals surface area (Å²) >= 11 is 1.58. The number of ether oxygens (including phenoxy) is 1. The summed E-state index contributed by atoms with van der Waals surface area (Å²) in [5.41, 5.74) is 6.56. The minimum atomic E-state index is -0.820. The molecule has 0 fully saturated rings. The van der Waals surface area contributed by atoms with Crippen molar-refractivity contribution in [2.24, 2.45) is 35.3 Å².